The van der Waals surface area contributed by atoms with Crippen LogP contribution in [0.5, 0.6) is 5.75 Å². The van der Waals surface area contributed by atoms with Crippen LogP contribution in [0.3, 0.4) is 0 Å². The van der Waals surface area contributed by atoms with Crippen molar-refractivity contribution in [3.8, 4) is 11.4 Å². The summed E-state index contributed by atoms with van der Waals surface area (Å²) in [5, 5.41) is 3.37. The molecular weight excluding hydrogens is 446 g/mol. The summed E-state index contributed by atoms with van der Waals surface area (Å²) in [5.74, 6) is 0.511. The first-order valence-corrected chi connectivity index (χ1v) is 10.8. The number of aliphatic imine (C=N–C) groups is 2. The van der Waals surface area contributed by atoms with E-state index < -0.39 is 0 Å². The fourth-order valence-electron chi connectivity index (χ4n) is 3.85. The van der Waals surface area contributed by atoms with E-state index in [1.165, 1.54) is 28.6 Å². The summed E-state index contributed by atoms with van der Waals surface area (Å²) in [6.45, 7) is 7.37. The maximum Gasteiger partial charge on any atom is 0.281 e. The number of para-hydroxylation sites is 2. The van der Waals surface area contributed by atoms with E-state index in [1.807, 2.05) is 36.4 Å². The fourth-order valence-corrected chi connectivity index (χ4v) is 3.85. The van der Waals surface area contributed by atoms with Crippen LogP contribution in [-0.2, 0) is 24.5 Å². The summed E-state index contributed by atoms with van der Waals surface area (Å²) in [5.41, 5.74) is 2.05. The minimum Gasteiger partial charge on any atom is -0.494 e. The molecule has 0 radical (unpaired) electrons. The molecule has 0 bridgehead atoms. The third kappa shape index (κ3) is 4.90. The number of methoxy groups -OCH3 is 1. The first kappa shape index (κ1) is 23.7. The van der Waals surface area contributed by atoms with Gasteiger partial charge < -0.3 is 14.0 Å². The average Bonchev–Trinajstić information content (AvgIpc) is 3.21. The highest BCUT2D eigenvalue weighted by atomic mass is 16.5. The van der Waals surface area contributed by atoms with Crippen molar-refractivity contribution >= 4 is 24.3 Å². The molecule has 0 aliphatic rings. The maximum atomic E-state index is 13.6. The average molecular weight is 472 g/mol. The van der Waals surface area contributed by atoms with Crippen LogP contribution >= 0.6 is 0 Å². The van der Waals surface area contributed by atoms with E-state index in [9.17, 15) is 9.59 Å². The molecular formula is C26H25N5O4. The zero-order chi connectivity index (χ0) is 24.8. The molecule has 0 atom stereocenters. The van der Waals surface area contributed by atoms with Gasteiger partial charge in [-0.05, 0) is 31.1 Å². The zero-order valence-electron chi connectivity index (χ0n) is 19.3. The van der Waals surface area contributed by atoms with Gasteiger partial charge in [-0.25, -0.2) is 4.68 Å². The number of ether oxygens (including phenoxy) is 2. The lowest BCUT2D eigenvalue weighted by molar-refractivity contribution is 0.103. The van der Waals surface area contributed by atoms with Crippen molar-refractivity contribution in [3.05, 3.63) is 105 Å². The quantitative estimate of drug-likeness (QED) is 0.358. The third-order valence-corrected chi connectivity index (χ3v) is 5.51. The molecule has 9 heteroatoms. The number of hydrogen-bond donors (Lipinski definition) is 1. The molecule has 4 aromatic rings. The molecule has 2 aromatic heterocycles. The number of rotatable bonds is 10. The van der Waals surface area contributed by atoms with Crippen LogP contribution < -0.4 is 15.9 Å². The highest BCUT2D eigenvalue weighted by molar-refractivity contribution is 5.81. The Bertz CT molecular complexity index is 1510. The summed E-state index contributed by atoms with van der Waals surface area (Å²) in [4.78, 5) is 34.4. The number of pyridine rings is 1. The molecule has 9 nitrogen and oxygen atoms in total. The topological polar surface area (TPSA) is 103 Å². The smallest absolute Gasteiger partial charge is 0.281 e. The Balaban J connectivity index is 1.87. The largest absolute Gasteiger partial charge is 0.494 e. The second kappa shape index (κ2) is 10.6. The van der Waals surface area contributed by atoms with Crippen LogP contribution in [0.4, 0.5) is 0 Å². The van der Waals surface area contributed by atoms with Crippen LogP contribution in [0.25, 0.3) is 16.6 Å². The van der Waals surface area contributed by atoms with Crippen LogP contribution in [0.2, 0.25) is 0 Å². The van der Waals surface area contributed by atoms with Gasteiger partial charge in [0, 0.05) is 12.3 Å². The Morgan fingerprint density at radius 3 is 2.51 bits per heavy atom. The fraction of sp³-hybridized carbons (Fsp3) is 0.154. The summed E-state index contributed by atoms with van der Waals surface area (Å²) in [6, 6.07) is 18.1. The molecule has 0 saturated carbocycles. The molecule has 4 rings (SSSR count). The van der Waals surface area contributed by atoms with E-state index in [2.05, 4.69) is 28.5 Å². The molecule has 35 heavy (non-hydrogen) atoms. The van der Waals surface area contributed by atoms with Gasteiger partial charge in [-0.2, -0.15) is 0 Å². The predicted molar refractivity (Wildman–Crippen MR) is 137 cm³/mol. The van der Waals surface area contributed by atoms with E-state index in [4.69, 9.17) is 9.47 Å². The molecule has 0 aliphatic heterocycles. The Morgan fingerprint density at radius 2 is 1.80 bits per heavy atom. The van der Waals surface area contributed by atoms with E-state index in [0.29, 0.717) is 40.3 Å². The van der Waals surface area contributed by atoms with Crippen LogP contribution in [0.1, 0.15) is 11.3 Å². The second-order valence-corrected chi connectivity index (χ2v) is 7.67. The van der Waals surface area contributed by atoms with Gasteiger partial charge in [-0.1, -0.05) is 42.5 Å². The minimum atomic E-state index is -0.338. The third-order valence-electron chi connectivity index (χ3n) is 5.51. The van der Waals surface area contributed by atoms with Crippen molar-refractivity contribution in [1.29, 1.82) is 0 Å². The normalized spacial score (nSPS) is 11.5. The van der Waals surface area contributed by atoms with Gasteiger partial charge in [-0.3, -0.25) is 24.7 Å². The van der Waals surface area contributed by atoms with Gasteiger partial charge in [0.2, 0.25) is 0 Å². The van der Waals surface area contributed by atoms with Crippen molar-refractivity contribution in [1.82, 2.24) is 14.3 Å². The Labute approximate surface area is 201 Å². The first-order chi connectivity index (χ1) is 17.1. The molecule has 0 fully saturated rings. The summed E-state index contributed by atoms with van der Waals surface area (Å²) < 4.78 is 14.2. The number of H-pyrrole nitrogens is 1. The number of nitrogens with zero attached hydrogens (tertiary/aromatic N) is 4. The molecule has 0 saturated heterocycles. The molecule has 2 heterocycles. The number of benzene rings is 2. The van der Waals surface area contributed by atoms with Crippen molar-refractivity contribution in [2.24, 2.45) is 9.98 Å². The highest BCUT2D eigenvalue weighted by Gasteiger charge is 2.20. The lowest BCUT2D eigenvalue weighted by Crippen LogP contribution is -2.26. The molecule has 0 amide bonds. The standard InChI is InChI=1S/C26H25N5O4/c1-27-14-19(28-2)15-30-22(17-35-16-18-9-5-4-6-10-18)25-20(13-24(30)32)29-31(26(25)33)21-11-7-8-12-23(21)34-3/h4-14,29H,1-2,15-17H2,3H3/b19-14-. The summed E-state index contributed by atoms with van der Waals surface area (Å²) in [7, 11) is 1.53. The van der Waals surface area contributed by atoms with E-state index in [-0.39, 0.29) is 24.3 Å². The second-order valence-electron chi connectivity index (χ2n) is 7.67. The van der Waals surface area contributed by atoms with E-state index in [1.54, 1.807) is 18.2 Å². The lowest BCUT2D eigenvalue weighted by Gasteiger charge is -2.14. The number of hydrogen-bond acceptors (Lipinski definition) is 6. The van der Waals surface area contributed by atoms with Crippen molar-refractivity contribution < 1.29 is 9.47 Å². The first-order valence-electron chi connectivity index (χ1n) is 10.8. The molecule has 178 valence electrons. The molecule has 0 unspecified atom stereocenters. The number of aromatic amines is 1. The van der Waals surface area contributed by atoms with Gasteiger partial charge >= 0.3 is 0 Å². The van der Waals surface area contributed by atoms with Gasteiger partial charge in [0.25, 0.3) is 11.1 Å². The van der Waals surface area contributed by atoms with Crippen molar-refractivity contribution in [2.45, 2.75) is 19.8 Å². The summed E-state index contributed by atoms with van der Waals surface area (Å²) in [6.07, 6.45) is 1.42. The Kier molecular flexibility index (Phi) is 7.18. The monoisotopic (exact) mass is 471 g/mol. The van der Waals surface area contributed by atoms with Gasteiger partial charge in [0.05, 0.1) is 49.2 Å². The predicted octanol–water partition coefficient (Wildman–Crippen LogP) is 3.45. The van der Waals surface area contributed by atoms with E-state index >= 15 is 0 Å². The Hall–Kier alpha value is -4.50. The zero-order valence-corrected chi connectivity index (χ0v) is 19.3. The SMILES string of the molecule is C=N/C=C(/Cn1c(COCc2ccccc2)c2c(=O)n(-c3ccccc3OC)[nH]c2cc1=O)N=C. The van der Waals surface area contributed by atoms with Gasteiger partial charge in [0.15, 0.2) is 0 Å². The van der Waals surface area contributed by atoms with Crippen LogP contribution in [0.15, 0.2) is 92.1 Å². The Morgan fingerprint density at radius 1 is 1.06 bits per heavy atom. The molecule has 0 spiro atoms. The van der Waals surface area contributed by atoms with Crippen molar-refractivity contribution in [3.63, 3.8) is 0 Å². The molecule has 2 aromatic carbocycles. The maximum absolute atomic E-state index is 13.6. The number of aromatic nitrogens is 3. The molecule has 1 N–H and O–H groups in total. The number of allylic oxidation sites excluding steroid dienone is 1. The van der Waals surface area contributed by atoms with Crippen LogP contribution in [-0.4, -0.2) is 34.9 Å². The number of nitrogens with one attached hydrogen (secondary N) is 1. The van der Waals surface area contributed by atoms with E-state index in [0.717, 1.165) is 5.56 Å². The van der Waals surface area contributed by atoms with Crippen molar-refractivity contribution in [2.75, 3.05) is 7.11 Å². The summed E-state index contributed by atoms with van der Waals surface area (Å²) >= 11 is 0. The van der Waals surface area contributed by atoms with Gasteiger partial charge in [0.1, 0.15) is 11.4 Å². The minimum absolute atomic E-state index is 0.0203. The van der Waals surface area contributed by atoms with Gasteiger partial charge in [-0.15, -0.1) is 0 Å². The molecule has 0 aliphatic carbocycles. The lowest BCUT2D eigenvalue weighted by atomic mass is 10.2. The van der Waals surface area contributed by atoms with Crippen LogP contribution in [0, 0.1) is 0 Å². The number of fused-ring (bicyclic) bond motifs is 1. The highest BCUT2D eigenvalue weighted by Crippen LogP contribution is 2.23.